The molecule has 0 saturated carbocycles. The monoisotopic (exact) mass is 314 g/mol. The van der Waals surface area contributed by atoms with Gasteiger partial charge in [-0.05, 0) is 36.9 Å². The van der Waals surface area contributed by atoms with E-state index in [1.807, 2.05) is 4.72 Å². The third-order valence-corrected chi connectivity index (χ3v) is 3.89. The Hall–Kier alpha value is -2.13. The van der Waals surface area contributed by atoms with Crippen molar-refractivity contribution in [2.45, 2.75) is 11.4 Å². The summed E-state index contributed by atoms with van der Waals surface area (Å²) in [6.07, 6.45) is 1.35. The fourth-order valence-corrected chi connectivity index (χ4v) is 2.80. The van der Waals surface area contributed by atoms with Gasteiger partial charge in [-0.2, -0.15) is 5.10 Å². The Morgan fingerprint density at radius 2 is 2.05 bits per heavy atom. The van der Waals surface area contributed by atoms with E-state index in [4.69, 9.17) is 0 Å². The van der Waals surface area contributed by atoms with Crippen molar-refractivity contribution >= 4 is 15.8 Å². The van der Waals surface area contributed by atoms with Gasteiger partial charge in [-0.25, -0.2) is 17.2 Å². The highest BCUT2D eigenvalue weighted by atomic mass is 32.2. The normalized spacial score (nSPS) is 11.4. The molecule has 0 radical (unpaired) electrons. The number of hydrogen-bond acceptors (Lipinski definition) is 5. The standard InChI is InChI=1S/C12H12F2N4O2S/c1-15-7-8-5-9(13)12(14)10(6-8)21(19,20)18-11-3-2-4-16-17-11/h2-6,15H,7H2,1H3,(H,17,18). The topological polar surface area (TPSA) is 84.0 Å². The van der Waals surface area contributed by atoms with Crippen LogP contribution in [0.5, 0.6) is 0 Å². The maximum Gasteiger partial charge on any atom is 0.266 e. The van der Waals surface area contributed by atoms with Crippen molar-refractivity contribution in [2.24, 2.45) is 0 Å². The number of sulfonamides is 1. The highest BCUT2D eigenvalue weighted by Crippen LogP contribution is 2.21. The lowest BCUT2D eigenvalue weighted by molar-refractivity contribution is 0.483. The SMILES string of the molecule is CNCc1cc(F)c(F)c(S(=O)(=O)Nc2cccnn2)c1. The lowest BCUT2D eigenvalue weighted by Crippen LogP contribution is -2.17. The van der Waals surface area contributed by atoms with Crippen LogP contribution in [0.1, 0.15) is 5.56 Å². The van der Waals surface area contributed by atoms with Gasteiger partial charge in [-0.15, -0.1) is 5.10 Å². The van der Waals surface area contributed by atoms with Crippen LogP contribution in [0, 0.1) is 11.6 Å². The van der Waals surface area contributed by atoms with Gasteiger partial charge >= 0.3 is 0 Å². The molecule has 0 bridgehead atoms. The van der Waals surface area contributed by atoms with Crippen molar-refractivity contribution in [2.75, 3.05) is 11.8 Å². The van der Waals surface area contributed by atoms with Gasteiger partial charge in [0.25, 0.3) is 10.0 Å². The molecule has 21 heavy (non-hydrogen) atoms. The van der Waals surface area contributed by atoms with Crippen molar-refractivity contribution in [3.63, 3.8) is 0 Å². The van der Waals surface area contributed by atoms with Crippen LogP contribution in [0.4, 0.5) is 14.6 Å². The zero-order valence-corrected chi connectivity index (χ0v) is 11.8. The summed E-state index contributed by atoms with van der Waals surface area (Å²) in [6.45, 7) is 0.199. The molecule has 112 valence electrons. The number of rotatable bonds is 5. The van der Waals surface area contributed by atoms with E-state index >= 15 is 0 Å². The number of aromatic nitrogens is 2. The van der Waals surface area contributed by atoms with E-state index in [-0.39, 0.29) is 12.4 Å². The average molecular weight is 314 g/mol. The minimum Gasteiger partial charge on any atom is -0.316 e. The smallest absolute Gasteiger partial charge is 0.266 e. The van der Waals surface area contributed by atoms with Crippen LogP contribution in [0.2, 0.25) is 0 Å². The molecule has 0 unspecified atom stereocenters. The zero-order chi connectivity index (χ0) is 15.5. The molecule has 6 nitrogen and oxygen atoms in total. The molecule has 0 aliphatic rings. The Morgan fingerprint density at radius 1 is 1.29 bits per heavy atom. The van der Waals surface area contributed by atoms with E-state index < -0.39 is 26.6 Å². The van der Waals surface area contributed by atoms with Gasteiger partial charge in [-0.3, -0.25) is 4.72 Å². The number of nitrogens with one attached hydrogen (secondary N) is 2. The van der Waals surface area contributed by atoms with Crippen LogP contribution in [0.3, 0.4) is 0 Å². The van der Waals surface area contributed by atoms with Gasteiger partial charge in [0.1, 0.15) is 4.90 Å². The third kappa shape index (κ3) is 3.50. The number of nitrogens with zero attached hydrogens (tertiary/aromatic N) is 2. The van der Waals surface area contributed by atoms with E-state index in [0.29, 0.717) is 5.56 Å². The Morgan fingerprint density at radius 3 is 2.67 bits per heavy atom. The minimum atomic E-state index is -4.30. The van der Waals surface area contributed by atoms with E-state index in [9.17, 15) is 17.2 Å². The quantitative estimate of drug-likeness (QED) is 0.868. The van der Waals surface area contributed by atoms with Crippen LogP contribution < -0.4 is 10.0 Å². The van der Waals surface area contributed by atoms with Crippen LogP contribution in [0.25, 0.3) is 0 Å². The van der Waals surface area contributed by atoms with Crippen molar-refractivity contribution < 1.29 is 17.2 Å². The largest absolute Gasteiger partial charge is 0.316 e. The number of halogens is 2. The molecule has 2 rings (SSSR count). The fraction of sp³-hybridized carbons (Fsp3) is 0.167. The first-order valence-electron chi connectivity index (χ1n) is 5.87. The third-order valence-electron chi connectivity index (χ3n) is 2.54. The molecule has 1 heterocycles. The van der Waals surface area contributed by atoms with Crippen molar-refractivity contribution in [3.05, 3.63) is 47.7 Å². The molecule has 0 amide bonds. The molecule has 0 saturated heterocycles. The predicted molar refractivity (Wildman–Crippen MR) is 72.0 cm³/mol. The van der Waals surface area contributed by atoms with Gasteiger partial charge in [0.05, 0.1) is 0 Å². The second-order valence-electron chi connectivity index (χ2n) is 4.13. The van der Waals surface area contributed by atoms with Gasteiger partial charge in [-0.1, -0.05) is 0 Å². The van der Waals surface area contributed by atoms with Gasteiger partial charge in [0.15, 0.2) is 17.5 Å². The number of hydrogen-bond donors (Lipinski definition) is 2. The van der Waals surface area contributed by atoms with Crippen molar-refractivity contribution in [3.8, 4) is 0 Å². The summed E-state index contributed by atoms with van der Waals surface area (Å²) in [5, 5.41) is 9.76. The first-order valence-corrected chi connectivity index (χ1v) is 7.35. The molecule has 0 aliphatic heterocycles. The lowest BCUT2D eigenvalue weighted by atomic mass is 10.2. The first-order chi connectivity index (χ1) is 9.94. The molecule has 0 spiro atoms. The summed E-state index contributed by atoms with van der Waals surface area (Å²) in [6, 6.07) is 4.80. The summed E-state index contributed by atoms with van der Waals surface area (Å²) in [5.74, 6) is -2.76. The number of benzene rings is 1. The maximum atomic E-state index is 13.8. The summed E-state index contributed by atoms with van der Waals surface area (Å²) < 4.78 is 53.6. The molecule has 0 atom stereocenters. The first kappa shape index (κ1) is 15.3. The zero-order valence-electron chi connectivity index (χ0n) is 11.0. The van der Waals surface area contributed by atoms with Gasteiger partial charge < -0.3 is 5.32 Å². The molecule has 9 heteroatoms. The number of anilines is 1. The second kappa shape index (κ2) is 6.10. The summed E-state index contributed by atoms with van der Waals surface area (Å²) in [7, 11) is -2.70. The highest BCUT2D eigenvalue weighted by Gasteiger charge is 2.23. The van der Waals surface area contributed by atoms with E-state index in [0.717, 1.165) is 12.1 Å². The molecule has 0 aliphatic carbocycles. The summed E-state index contributed by atoms with van der Waals surface area (Å²) in [4.78, 5) is -0.779. The molecular formula is C12H12F2N4O2S. The molecule has 0 fully saturated rings. The highest BCUT2D eigenvalue weighted by molar-refractivity contribution is 7.92. The fourth-order valence-electron chi connectivity index (χ4n) is 1.67. The predicted octanol–water partition coefficient (Wildman–Crippen LogP) is 1.27. The molecular weight excluding hydrogens is 302 g/mol. The lowest BCUT2D eigenvalue weighted by Gasteiger charge is -2.10. The Kier molecular flexibility index (Phi) is 4.43. The van der Waals surface area contributed by atoms with Crippen LogP contribution in [-0.2, 0) is 16.6 Å². The molecule has 1 aromatic heterocycles. The molecule has 2 N–H and O–H groups in total. The van der Waals surface area contributed by atoms with E-state index in [1.165, 1.54) is 18.3 Å². The van der Waals surface area contributed by atoms with E-state index in [1.54, 1.807) is 7.05 Å². The Labute approximate surface area is 120 Å². The van der Waals surface area contributed by atoms with Gasteiger partial charge in [0, 0.05) is 12.7 Å². The Balaban J connectivity index is 2.44. The van der Waals surface area contributed by atoms with Crippen molar-refractivity contribution in [1.82, 2.24) is 15.5 Å². The summed E-state index contributed by atoms with van der Waals surface area (Å²) in [5.41, 5.74) is 0.302. The van der Waals surface area contributed by atoms with E-state index in [2.05, 4.69) is 15.5 Å². The average Bonchev–Trinajstić information content (AvgIpc) is 2.43. The van der Waals surface area contributed by atoms with Crippen molar-refractivity contribution in [1.29, 1.82) is 0 Å². The van der Waals surface area contributed by atoms with Gasteiger partial charge in [0.2, 0.25) is 0 Å². The minimum absolute atomic E-state index is 0.0867. The van der Waals surface area contributed by atoms with Crippen LogP contribution in [-0.4, -0.2) is 25.7 Å². The van der Waals surface area contributed by atoms with Crippen LogP contribution >= 0.6 is 0 Å². The maximum absolute atomic E-state index is 13.8. The summed E-state index contributed by atoms with van der Waals surface area (Å²) >= 11 is 0. The second-order valence-corrected chi connectivity index (χ2v) is 5.79. The molecule has 2 aromatic rings. The Bertz CT molecular complexity index is 738. The van der Waals surface area contributed by atoms with Crippen LogP contribution in [0.15, 0.2) is 35.4 Å². The molecule has 1 aromatic carbocycles.